The Kier molecular flexibility index (Phi) is 3.60. The van der Waals surface area contributed by atoms with Gasteiger partial charge in [-0.05, 0) is 43.7 Å². The molecule has 0 spiro atoms. The number of nitrogens with zero attached hydrogens (tertiary/aromatic N) is 3. The molecule has 0 atom stereocenters. The smallest absolute Gasteiger partial charge is 0.128 e. The molecule has 3 heteroatoms. The highest BCUT2D eigenvalue weighted by atomic mass is 15.1. The summed E-state index contributed by atoms with van der Waals surface area (Å²) >= 11 is 0. The van der Waals surface area contributed by atoms with Gasteiger partial charge in [0.1, 0.15) is 5.82 Å². The first-order valence-corrected chi connectivity index (χ1v) is 6.12. The van der Waals surface area contributed by atoms with Gasteiger partial charge in [0, 0.05) is 37.6 Å². The molecule has 0 unspecified atom stereocenters. The van der Waals surface area contributed by atoms with E-state index in [0.717, 1.165) is 29.3 Å². The quantitative estimate of drug-likeness (QED) is 0.827. The largest absolute Gasteiger partial charge is 0.363 e. The van der Waals surface area contributed by atoms with Gasteiger partial charge in [0.2, 0.25) is 0 Å². The van der Waals surface area contributed by atoms with Crippen LogP contribution in [0.15, 0.2) is 30.3 Å². The first-order chi connectivity index (χ1) is 8.54. The van der Waals surface area contributed by atoms with Crippen LogP contribution in [-0.2, 0) is 6.42 Å². The highest BCUT2D eigenvalue weighted by molar-refractivity contribution is 5.42. The molecule has 94 valence electrons. The van der Waals surface area contributed by atoms with Gasteiger partial charge in [-0.1, -0.05) is 6.07 Å². The number of hydrogen-bond donors (Lipinski definition) is 0. The van der Waals surface area contributed by atoms with Crippen LogP contribution in [0.1, 0.15) is 22.6 Å². The molecule has 3 nitrogen and oxygen atoms in total. The van der Waals surface area contributed by atoms with Crippen molar-refractivity contribution in [3.05, 3.63) is 53.0 Å². The Hall–Kier alpha value is -1.90. The van der Waals surface area contributed by atoms with Gasteiger partial charge in [-0.2, -0.15) is 0 Å². The number of aryl methyl sites for hydroxylation is 2. The van der Waals surface area contributed by atoms with Crippen LogP contribution in [0.25, 0.3) is 0 Å². The van der Waals surface area contributed by atoms with E-state index in [1.165, 1.54) is 5.56 Å². The summed E-state index contributed by atoms with van der Waals surface area (Å²) < 4.78 is 0. The maximum Gasteiger partial charge on any atom is 0.128 e. The zero-order valence-electron chi connectivity index (χ0n) is 11.4. The van der Waals surface area contributed by atoms with Crippen LogP contribution in [0.5, 0.6) is 0 Å². The number of rotatable bonds is 3. The minimum absolute atomic E-state index is 0.853. The van der Waals surface area contributed by atoms with Crippen LogP contribution in [-0.4, -0.2) is 24.1 Å². The minimum atomic E-state index is 0.853. The van der Waals surface area contributed by atoms with Gasteiger partial charge in [-0.25, -0.2) is 4.98 Å². The fourth-order valence-corrected chi connectivity index (χ4v) is 1.96. The van der Waals surface area contributed by atoms with E-state index in [4.69, 9.17) is 0 Å². The molecule has 0 N–H and O–H groups in total. The van der Waals surface area contributed by atoms with Crippen molar-refractivity contribution in [3.8, 4) is 0 Å². The molecule has 0 aliphatic carbocycles. The van der Waals surface area contributed by atoms with E-state index in [1.807, 2.05) is 38.9 Å². The van der Waals surface area contributed by atoms with Gasteiger partial charge in [0.15, 0.2) is 0 Å². The molecule has 0 bridgehead atoms. The van der Waals surface area contributed by atoms with E-state index in [0.29, 0.717) is 0 Å². The predicted octanol–water partition coefficient (Wildman–Crippen LogP) is 2.75. The highest BCUT2D eigenvalue weighted by Crippen LogP contribution is 2.15. The van der Waals surface area contributed by atoms with Crippen molar-refractivity contribution in [1.29, 1.82) is 0 Å². The van der Waals surface area contributed by atoms with Crippen molar-refractivity contribution in [2.24, 2.45) is 0 Å². The fraction of sp³-hybridized carbons (Fsp3) is 0.333. The van der Waals surface area contributed by atoms with Crippen molar-refractivity contribution >= 4 is 5.82 Å². The van der Waals surface area contributed by atoms with Crippen molar-refractivity contribution in [1.82, 2.24) is 9.97 Å². The van der Waals surface area contributed by atoms with E-state index < -0.39 is 0 Å². The summed E-state index contributed by atoms with van der Waals surface area (Å²) in [5.41, 5.74) is 4.46. The van der Waals surface area contributed by atoms with Gasteiger partial charge in [0.25, 0.3) is 0 Å². The molecule has 2 aromatic heterocycles. The van der Waals surface area contributed by atoms with Crippen LogP contribution in [0.4, 0.5) is 5.82 Å². The maximum atomic E-state index is 4.54. The molecule has 0 aliphatic heterocycles. The second kappa shape index (κ2) is 5.17. The van der Waals surface area contributed by atoms with E-state index in [2.05, 4.69) is 34.2 Å². The van der Waals surface area contributed by atoms with Crippen molar-refractivity contribution < 1.29 is 0 Å². The molecule has 2 rings (SSSR count). The molecule has 0 saturated heterocycles. The zero-order valence-corrected chi connectivity index (χ0v) is 11.4. The molecule has 0 fully saturated rings. The molecule has 0 amide bonds. The third-order valence-electron chi connectivity index (χ3n) is 2.79. The van der Waals surface area contributed by atoms with Gasteiger partial charge < -0.3 is 4.90 Å². The minimum Gasteiger partial charge on any atom is -0.363 e. The summed E-state index contributed by atoms with van der Waals surface area (Å²) in [7, 11) is 4.02. The first kappa shape index (κ1) is 12.6. The van der Waals surface area contributed by atoms with E-state index >= 15 is 0 Å². The zero-order chi connectivity index (χ0) is 13.1. The lowest BCUT2D eigenvalue weighted by atomic mass is 10.1. The third-order valence-corrected chi connectivity index (χ3v) is 2.79. The van der Waals surface area contributed by atoms with Crippen molar-refractivity contribution in [3.63, 3.8) is 0 Å². The van der Waals surface area contributed by atoms with Gasteiger partial charge in [-0.15, -0.1) is 0 Å². The number of pyridine rings is 2. The summed E-state index contributed by atoms with van der Waals surface area (Å²) in [6, 6.07) is 10.4. The average Bonchev–Trinajstić information content (AvgIpc) is 2.28. The van der Waals surface area contributed by atoms with Gasteiger partial charge in [0.05, 0.1) is 0 Å². The monoisotopic (exact) mass is 241 g/mol. The van der Waals surface area contributed by atoms with Gasteiger partial charge in [-0.3, -0.25) is 4.98 Å². The summed E-state index contributed by atoms with van der Waals surface area (Å²) in [5.74, 6) is 0.998. The van der Waals surface area contributed by atoms with Crippen LogP contribution in [0, 0.1) is 13.8 Å². The Labute approximate surface area is 109 Å². The molecule has 2 aromatic rings. The van der Waals surface area contributed by atoms with Crippen molar-refractivity contribution in [2.45, 2.75) is 20.3 Å². The molecular formula is C15H19N3. The predicted molar refractivity (Wildman–Crippen MR) is 75.1 cm³/mol. The Morgan fingerprint density at radius 1 is 1.00 bits per heavy atom. The third kappa shape index (κ3) is 3.06. The summed E-state index contributed by atoms with van der Waals surface area (Å²) in [5, 5.41) is 0. The normalized spacial score (nSPS) is 10.4. The van der Waals surface area contributed by atoms with E-state index in [9.17, 15) is 0 Å². The molecule has 2 heterocycles. The Bertz CT molecular complexity index is 547. The second-order valence-electron chi connectivity index (χ2n) is 4.82. The summed E-state index contributed by atoms with van der Waals surface area (Å²) in [6.45, 7) is 4.05. The van der Waals surface area contributed by atoms with Crippen LogP contribution >= 0.6 is 0 Å². The topological polar surface area (TPSA) is 29.0 Å². The molecule has 0 radical (unpaired) electrons. The fourth-order valence-electron chi connectivity index (χ4n) is 1.96. The molecule has 0 aliphatic rings. The average molecular weight is 241 g/mol. The Balaban J connectivity index is 2.29. The van der Waals surface area contributed by atoms with Crippen molar-refractivity contribution in [2.75, 3.05) is 19.0 Å². The second-order valence-corrected chi connectivity index (χ2v) is 4.82. The van der Waals surface area contributed by atoms with Crippen LogP contribution < -0.4 is 4.90 Å². The number of aromatic nitrogens is 2. The number of hydrogen-bond acceptors (Lipinski definition) is 3. The molecule has 18 heavy (non-hydrogen) atoms. The van der Waals surface area contributed by atoms with Gasteiger partial charge >= 0.3 is 0 Å². The molecule has 0 saturated carbocycles. The SMILES string of the molecule is Cc1cccc(Cc2cc(C)nc(N(C)C)c2)n1. The Morgan fingerprint density at radius 3 is 2.44 bits per heavy atom. The lowest BCUT2D eigenvalue weighted by Crippen LogP contribution is -2.11. The molecular weight excluding hydrogens is 222 g/mol. The summed E-state index contributed by atoms with van der Waals surface area (Å²) in [4.78, 5) is 11.1. The molecule has 0 aromatic carbocycles. The van der Waals surface area contributed by atoms with Crippen LogP contribution in [0.2, 0.25) is 0 Å². The van der Waals surface area contributed by atoms with E-state index in [1.54, 1.807) is 0 Å². The number of anilines is 1. The standard InChI is InChI=1S/C15H19N3/c1-11-6-5-7-14(16-11)9-13-8-12(2)17-15(10-13)18(3)4/h5-8,10H,9H2,1-4H3. The lowest BCUT2D eigenvalue weighted by Gasteiger charge is -2.13. The van der Waals surface area contributed by atoms with E-state index in [-0.39, 0.29) is 0 Å². The van der Waals surface area contributed by atoms with Crippen LogP contribution in [0.3, 0.4) is 0 Å². The highest BCUT2D eigenvalue weighted by Gasteiger charge is 2.04. The lowest BCUT2D eigenvalue weighted by molar-refractivity contribution is 0.998. The maximum absolute atomic E-state index is 4.54. The first-order valence-electron chi connectivity index (χ1n) is 6.12. The summed E-state index contributed by atoms with van der Waals surface area (Å²) in [6.07, 6.45) is 0.853. The Morgan fingerprint density at radius 2 is 1.78 bits per heavy atom.